The maximum atomic E-state index is 14.7. The van der Waals surface area contributed by atoms with Crippen molar-refractivity contribution in [2.75, 3.05) is 20.3 Å². The number of hydrogen-bond acceptors (Lipinski definition) is 10. The number of carbonyl (C=O) groups is 4. The van der Waals surface area contributed by atoms with Gasteiger partial charge < -0.3 is 29.7 Å². The number of rotatable bonds is 9. The van der Waals surface area contributed by atoms with Crippen molar-refractivity contribution in [1.29, 1.82) is 0 Å². The number of methoxy groups -OCH3 is 1. The molecule has 4 fully saturated rings. The van der Waals surface area contributed by atoms with E-state index in [1.807, 2.05) is 11.6 Å². The lowest BCUT2D eigenvalue weighted by molar-refractivity contribution is -0.244. The smallest absolute Gasteiger partial charge is 0.427 e. The zero-order chi connectivity index (χ0) is 42.4. The highest BCUT2D eigenvalue weighted by Gasteiger charge is 2.64. The van der Waals surface area contributed by atoms with Crippen LogP contribution in [-0.4, -0.2) is 103 Å². The van der Waals surface area contributed by atoms with Gasteiger partial charge in [-0.25, -0.2) is 17.6 Å². The van der Waals surface area contributed by atoms with Crippen molar-refractivity contribution < 1.29 is 59.4 Å². The van der Waals surface area contributed by atoms with E-state index in [4.69, 9.17) is 14.2 Å². The maximum absolute atomic E-state index is 14.7. The monoisotopic (exact) mass is 841 g/mol. The van der Waals surface area contributed by atoms with E-state index in [-0.39, 0.29) is 38.1 Å². The lowest BCUT2D eigenvalue weighted by Crippen LogP contribution is -2.60. The summed E-state index contributed by atoms with van der Waals surface area (Å²) in [6.07, 6.45) is -2.92. The van der Waals surface area contributed by atoms with Gasteiger partial charge in [-0.15, -0.1) is 0 Å². The van der Waals surface area contributed by atoms with Gasteiger partial charge in [-0.05, 0) is 88.0 Å². The summed E-state index contributed by atoms with van der Waals surface area (Å²) in [5, 5.41) is 5.81. The summed E-state index contributed by atoms with van der Waals surface area (Å²) in [7, 11) is -2.92. The standard InChI is InChI=1S/C39H51F4N5O9S/c1-22-8-6-7-9-25-18-38(25,34(51)47-58(53,54)37(21-40)12-13-37)46-32(49)30-17-28(56-27-16-24-15-26(55-5)10-11-29(24)44-19-27)20-48(30)33(50)31(23(2)14-22)45-35(52)57-36(3,4)39(41,42)43/h10-11,15-16,19,22-23,25,28,30-31H,6-9,12-14,17-18,20-21H2,1-5H3,(H,45,52)(H,46,49)(H,47,51)/t22-,23-,25-,28-,30+,31+,38-/m1/s1. The van der Waals surface area contributed by atoms with E-state index < -0.39 is 92.6 Å². The summed E-state index contributed by atoms with van der Waals surface area (Å²) in [6.45, 7) is 3.60. The lowest BCUT2D eigenvalue weighted by atomic mass is 9.87. The normalized spacial score (nSPS) is 29.2. The van der Waals surface area contributed by atoms with Gasteiger partial charge >= 0.3 is 12.3 Å². The molecule has 0 radical (unpaired) electrons. The second kappa shape index (κ2) is 16.0. The fourth-order valence-corrected chi connectivity index (χ4v) is 9.52. The molecule has 320 valence electrons. The molecule has 2 aliphatic heterocycles. The first-order valence-corrected chi connectivity index (χ1v) is 21.0. The van der Waals surface area contributed by atoms with Crippen molar-refractivity contribution in [3.8, 4) is 11.5 Å². The van der Waals surface area contributed by atoms with Crippen molar-refractivity contribution in [3.63, 3.8) is 0 Å². The quantitative estimate of drug-likeness (QED) is 0.288. The molecule has 0 spiro atoms. The Labute approximate surface area is 334 Å². The Morgan fingerprint density at radius 2 is 1.74 bits per heavy atom. The minimum atomic E-state index is -4.92. The second-order valence-corrected chi connectivity index (χ2v) is 19.0. The number of sulfonamides is 1. The van der Waals surface area contributed by atoms with Crippen molar-refractivity contribution in [2.24, 2.45) is 17.8 Å². The fraction of sp³-hybridized carbons (Fsp3) is 0.667. The molecule has 1 aromatic heterocycles. The Morgan fingerprint density at radius 1 is 1.05 bits per heavy atom. The molecule has 3 heterocycles. The molecule has 4 amide bonds. The van der Waals surface area contributed by atoms with Crippen LogP contribution in [-0.2, 0) is 29.1 Å². The largest absolute Gasteiger partial charge is 0.497 e. The molecule has 0 unspecified atom stereocenters. The summed E-state index contributed by atoms with van der Waals surface area (Å²) in [5.74, 6) is -2.84. The van der Waals surface area contributed by atoms with Crippen LogP contribution in [0.15, 0.2) is 30.5 Å². The number of alkyl carbamates (subject to hydrolysis) is 1. The minimum absolute atomic E-state index is 0.0167. The molecule has 58 heavy (non-hydrogen) atoms. The number of amides is 4. The number of ether oxygens (including phenoxy) is 3. The van der Waals surface area contributed by atoms with Crippen molar-refractivity contribution >= 4 is 44.7 Å². The molecule has 2 aliphatic carbocycles. The van der Waals surface area contributed by atoms with Crippen LogP contribution in [0.25, 0.3) is 10.9 Å². The number of halogens is 4. The van der Waals surface area contributed by atoms with E-state index in [0.29, 0.717) is 68.4 Å². The second-order valence-electron chi connectivity index (χ2n) is 16.9. The van der Waals surface area contributed by atoms with Gasteiger partial charge in [0.2, 0.25) is 27.4 Å². The highest BCUT2D eigenvalue weighted by Crippen LogP contribution is 2.49. The number of hydrogen-bond donors (Lipinski definition) is 3. The van der Waals surface area contributed by atoms with E-state index in [1.165, 1.54) is 18.2 Å². The van der Waals surface area contributed by atoms with Crippen LogP contribution in [0, 0.1) is 17.8 Å². The third-order valence-corrected chi connectivity index (χ3v) is 14.2. The first-order valence-electron chi connectivity index (χ1n) is 19.6. The molecule has 3 N–H and O–H groups in total. The molecule has 0 bridgehead atoms. The Hall–Kier alpha value is -4.42. The molecule has 19 heteroatoms. The fourth-order valence-electron chi connectivity index (χ4n) is 8.10. The number of nitrogens with zero attached hydrogens (tertiary/aromatic N) is 2. The Kier molecular flexibility index (Phi) is 11.9. The average molecular weight is 842 g/mol. The van der Waals surface area contributed by atoms with Gasteiger partial charge in [-0.1, -0.05) is 33.1 Å². The van der Waals surface area contributed by atoms with Crippen LogP contribution in [0.1, 0.15) is 85.5 Å². The van der Waals surface area contributed by atoms with Gasteiger partial charge in [-0.2, -0.15) is 13.2 Å². The van der Waals surface area contributed by atoms with Crippen molar-refractivity contribution in [1.82, 2.24) is 25.2 Å². The van der Waals surface area contributed by atoms with Crippen LogP contribution < -0.4 is 24.8 Å². The third-order valence-electron chi connectivity index (χ3n) is 12.1. The number of carbonyl (C=O) groups excluding carboxylic acids is 4. The van der Waals surface area contributed by atoms with Gasteiger partial charge in [0.05, 0.1) is 25.4 Å². The Bertz CT molecular complexity index is 2030. The van der Waals surface area contributed by atoms with Gasteiger partial charge in [0.25, 0.3) is 5.91 Å². The number of benzene rings is 1. The molecule has 2 saturated heterocycles. The molecule has 14 nitrogen and oxygen atoms in total. The van der Waals surface area contributed by atoms with Crippen LogP contribution >= 0.6 is 0 Å². The van der Waals surface area contributed by atoms with Gasteiger partial charge in [0, 0.05) is 11.8 Å². The third kappa shape index (κ3) is 8.78. The van der Waals surface area contributed by atoms with E-state index in [2.05, 4.69) is 15.6 Å². The minimum Gasteiger partial charge on any atom is -0.497 e. The zero-order valence-corrected chi connectivity index (χ0v) is 33.9. The topological polar surface area (TPSA) is 182 Å². The predicted molar refractivity (Wildman–Crippen MR) is 202 cm³/mol. The van der Waals surface area contributed by atoms with E-state index in [1.54, 1.807) is 31.2 Å². The van der Waals surface area contributed by atoms with E-state index in [0.717, 1.165) is 0 Å². The summed E-state index contributed by atoms with van der Waals surface area (Å²) >= 11 is 0. The predicted octanol–water partition coefficient (Wildman–Crippen LogP) is 5.09. The molecule has 7 atom stereocenters. The van der Waals surface area contributed by atoms with Crippen LogP contribution in [0.5, 0.6) is 11.5 Å². The first kappa shape index (κ1) is 43.2. The van der Waals surface area contributed by atoms with Crippen LogP contribution in [0.4, 0.5) is 22.4 Å². The van der Waals surface area contributed by atoms with Gasteiger partial charge in [0.15, 0.2) is 0 Å². The Balaban J connectivity index is 1.33. The molecular formula is C39H51F4N5O9S. The molecule has 1 aromatic carbocycles. The highest BCUT2D eigenvalue weighted by molar-refractivity contribution is 7.91. The van der Waals surface area contributed by atoms with Crippen molar-refractivity contribution in [2.45, 2.75) is 126 Å². The summed E-state index contributed by atoms with van der Waals surface area (Å²) < 4.78 is 98.0. The number of nitrogens with one attached hydrogen (secondary N) is 3. The van der Waals surface area contributed by atoms with E-state index >= 15 is 0 Å². The zero-order valence-electron chi connectivity index (χ0n) is 33.1. The summed E-state index contributed by atoms with van der Waals surface area (Å²) in [5.41, 5.74) is -3.92. The number of aromatic nitrogens is 1. The first-order chi connectivity index (χ1) is 27.1. The molecule has 2 saturated carbocycles. The highest BCUT2D eigenvalue weighted by atomic mass is 32.2. The van der Waals surface area contributed by atoms with Crippen LogP contribution in [0.2, 0.25) is 0 Å². The number of pyridine rings is 1. The molecule has 6 rings (SSSR count). The molecule has 2 aromatic rings. The SMILES string of the molecule is COc1ccc2ncc(O[C@@H]3C[C@H]4C(=O)N[C@]5(C(=O)NS(=O)(=O)C6(CF)CC6)C[C@H]5CCCC[C@@H](C)C[C@@H](C)[C@H](NC(=O)OC(C)(C)C(F)(F)F)C(=O)N4C3)cc2c1. The molecular weight excluding hydrogens is 791 g/mol. The van der Waals surface area contributed by atoms with Crippen molar-refractivity contribution in [3.05, 3.63) is 30.5 Å². The summed E-state index contributed by atoms with van der Waals surface area (Å²) in [4.78, 5) is 61.7. The van der Waals surface area contributed by atoms with Gasteiger partial charge in [-0.3, -0.25) is 24.1 Å². The number of alkyl halides is 4. The molecule has 4 aliphatic rings. The maximum Gasteiger partial charge on any atom is 0.427 e. The van der Waals surface area contributed by atoms with Crippen LogP contribution in [0.3, 0.4) is 0 Å². The summed E-state index contributed by atoms with van der Waals surface area (Å²) in [6, 6.07) is 4.17. The van der Waals surface area contributed by atoms with Gasteiger partial charge in [0.1, 0.15) is 46.6 Å². The number of fused-ring (bicyclic) bond motifs is 3. The lowest BCUT2D eigenvalue weighted by Gasteiger charge is -2.34. The Morgan fingerprint density at radius 3 is 2.40 bits per heavy atom. The van der Waals surface area contributed by atoms with E-state index in [9.17, 15) is 45.2 Å². The average Bonchev–Trinajstić information content (AvgIpc) is 4.05.